The van der Waals surface area contributed by atoms with Gasteiger partial charge in [-0.15, -0.1) is 12.4 Å². The van der Waals surface area contributed by atoms with Gasteiger partial charge in [0.05, 0.1) is 0 Å². The van der Waals surface area contributed by atoms with Gasteiger partial charge in [0, 0.05) is 28.9 Å². The Bertz CT molecular complexity index is 383. The summed E-state index contributed by atoms with van der Waals surface area (Å²) in [5.74, 6) is 0.0815. The van der Waals surface area contributed by atoms with Gasteiger partial charge >= 0.3 is 0 Å². The maximum Gasteiger partial charge on any atom is 0.270 e. The SMILES string of the molecule is Cl.NCC1CCCCN1C(=O)c1cc(I)c[nH]1. The molecule has 1 saturated heterocycles. The van der Waals surface area contributed by atoms with Crippen molar-refractivity contribution < 1.29 is 4.79 Å². The van der Waals surface area contributed by atoms with Crippen LogP contribution in [-0.4, -0.2) is 34.9 Å². The summed E-state index contributed by atoms with van der Waals surface area (Å²) in [6.45, 7) is 1.39. The van der Waals surface area contributed by atoms with Crippen LogP contribution in [0.3, 0.4) is 0 Å². The molecule has 1 amide bonds. The number of likely N-dealkylation sites (tertiary alicyclic amines) is 1. The van der Waals surface area contributed by atoms with Crippen molar-refractivity contribution in [3.8, 4) is 0 Å². The van der Waals surface area contributed by atoms with E-state index in [9.17, 15) is 4.79 Å². The first-order valence-electron chi connectivity index (χ1n) is 5.57. The number of amides is 1. The molecule has 1 atom stereocenters. The smallest absolute Gasteiger partial charge is 0.270 e. The number of nitrogens with two attached hydrogens (primary N) is 1. The lowest BCUT2D eigenvalue weighted by Gasteiger charge is -2.34. The fraction of sp³-hybridized carbons (Fsp3) is 0.545. The number of halogens is 2. The van der Waals surface area contributed by atoms with E-state index < -0.39 is 0 Å². The molecule has 0 radical (unpaired) electrons. The summed E-state index contributed by atoms with van der Waals surface area (Å²) >= 11 is 2.19. The molecule has 1 aromatic rings. The van der Waals surface area contributed by atoms with E-state index >= 15 is 0 Å². The molecular weight excluding hydrogens is 352 g/mol. The average molecular weight is 370 g/mol. The zero-order valence-corrected chi connectivity index (χ0v) is 12.5. The Morgan fingerprint density at radius 3 is 2.94 bits per heavy atom. The molecule has 3 N–H and O–H groups in total. The van der Waals surface area contributed by atoms with Crippen LogP contribution in [0.5, 0.6) is 0 Å². The van der Waals surface area contributed by atoms with Gasteiger partial charge in [-0.3, -0.25) is 4.79 Å². The number of nitrogens with one attached hydrogen (secondary N) is 1. The summed E-state index contributed by atoms with van der Waals surface area (Å²) in [6.07, 6.45) is 5.13. The van der Waals surface area contributed by atoms with Crippen LogP contribution >= 0.6 is 35.0 Å². The highest BCUT2D eigenvalue weighted by Gasteiger charge is 2.26. The Morgan fingerprint density at radius 2 is 2.35 bits per heavy atom. The van der Waals surface area contributed by atoms with Gasteiger partial charge in [-0.25, -0.2) is 0 Å². The van der Waals surface area contributed by atoms with Crippen molar-refractivity contribution in [3.63, 3.8) is 0 Å². The number of carbonyl (C=O) groups excluding carboxylic acids is 1. The topological polar surface area (TPSA) is 62.1 Å². The highest BCUT2D eigenvalue weighted by atomic mass is 127. The third-order valence-corrected chi connectivity index (χ3v) is 3.66. The monoisotopic (exact) mass is 369 g/mol. The molecule has 96 valence electrons. The number of hydrogen-bond acceptors (Lipinski definition) is 2. The van der Waals surface area contributed by atoms with E-state index in [2.05, 4.69) is 27.6 Å². The van der Waals surface area contributed by atoms with E-state index in [0.29, 0.717) is 12.2 Å². The maximum atomic E-state index is 12.2. The lowest BCUT2D eigenvalue weighted by atomic mass is 10.0. The lowest BCUT2D eigenvalue weighted by Crippen LogP contribution is -2.47. The van der Waals surface area contributed by atoms with Gasteiger partial charge < -0.3 is 15.6 Å². The molecule has 0 bridgehead atoms. The third kappa shape index (κ3) is 3.35. The minimum Gasteiger partial charge on any atom is -0.356 e. The van der Waals surface area contributed by atoms with Crippen LogP contribution in [0.1, 0.15) is 29.8 Å². The number of H-pyrrole nitrogens is 1. The molecule has 0 saturated carbocycles. The normalized spacial score (nSPS) is 19.9. The zero-order chi connectivity index (χ0) is 11.5. The van der Waals surface area contributed by atoms with Crippen LogP contribution in [0.4, 0.5) is 0 Å². The van der Waals surface area contributed by atoms with Gasteiger partial charge in [0.15, 0.2) is 0 Å². The van der Waals surface area contributed by atoms with Gasteiger partial charge in [0.1, 0.15) is 5.69 Å². The maximum absolute atomic E-state index is 12.2. The second kappa shape index (κ2) is 6.61. The Morgan fingerprint density at radius 1 is 1.59 bits per heavy atom. The summed E-state index contributed by atoms with van der Waals surface area (Å²) in [6, 6.07) is 2.09. The predicted octanol–water partition coefficient (Wildman–Crippen LogP) is 1.99. The van der Waals surface area contributed by atoms with Crippen LogP contribution in [0, 0.1) is 3.57 Å². The first kappa shape index (κ1) is 14.8. The van der Waals surface area contributed by atoms with Gasteiger partial charge in [-0.1, -0.05) is 0 Å². The fourth-order valence-electron chi connectivity index (χ4n) is 2.16. The first-order valence-corrected chi connectivity index (χ1v) is 6.65. The number of piperidine rings is 1. The molecule has 4 nitrogen and oxygen atoms in total. The molecule has 1 aromatic heterocycles. The van der Waals surface area contributed by atoms with Crippen LogP contribution in [0.15, 0.2) is 12.3 Å². The Labute approximate surface area is 121 Å². The summed E-state index contributed by atoms with van der Waals surface area (Å²) in [4.78, 5) is 17.1. The number of hydrogen-bond donors (Lipinski definition) is 2. The van der Waals surface area contributed by atoms with E-state index in [1.807, 2.05) is 17.2 Å². The zero-order valence-electron chi connectivity index (χ0n) is 9.49. The molecule has 1 aliphatic heterocycles. The second-order valence-corrected chi connectivity index (χ2v) is 5.36. The standard InChI is InChI=1S/C11H16IN3O.ClH/c12-8-5-10(14-7-8)11(16)15-4-2-1-3-9(15)6-13;/h5,7,9,14H,1-4,6,13H2;1H. The van der Waals surface area contributed by atoms with Crippen LogP contribution < -0.4 is 5.73 Å². The number of nitrogens with zero attached hydrogens (tertiary/aromatic N) is 1. The van der Waals surface area contributed by atoms with Crippen molar-refractivity contribution in [2.24, 2.45) is 5.73 Å². The number of aromatic amines is 1. The predicted molar refractivity (Wildman–Crippen MR) is 78.5 cm³/mol. The molecule has 1 fully saturated rings. The minimum atomic E-state index is 0. The van der Waals surface area contributed by atoms with Crippen LogP contribution in [0.25, 0.3) is 0 Å². The molecule has 1 unspecified atom stereocenters. The van der Waals surface area contributed by atoms with Crippen molar-refractivity contribution in [1.82, 2.24) is 9.88 Å². The molecule has 1 aliphatic rings. The molecule has 6 heteroatoms. The van der Waals surface area contributed by atoms with Gasteiger partial charge in [-0.05, 0) is 47.9 Å². The van der Waals surface area contributed by atoms with Crippen molar-refractivity contribution in [2.45, 2.75) is 25.3 Å². The Balaban J connectivity index is 0.00000144. The van der Waals surface area contributed by atoms with E-state index in [4.69, 9.17) is 5.73 Å². The Kier molecular flexibility index (Phi) is 5.75. The van der Waals surface area contributed by atoms with Gasteiger partial charge in [-0.2, -0.15) is 0 Å². The minimum absolute atomic E-state index is 0. The third-order valence-electron chi connectivity index (χ3n) is 3.04. The van der Waals surface area contributed by atoms with Gasteiger partial charge in [0.25, 0.3) is 5.91 Å². The Hall–Kier alpha value is -0.270. The largest absolute Gasteiger partial charge is 0.356 e. The molecule has 17 heavy (non-hydrogen) atoms. The van der Waals surface area contributed by atoms with Crippen molar-refractivity contribution >= 4 is 40.9 Å². The second-order valence-electron chi connectivity index (χ2n) is 4.12. The quantitative estimate of drug-likeness (QED) is 0.783. The van der Waals surface area contributed by atoms with Crippen molar-refractivity contribution in [1.29, 1.82) is 0 Å². The fourth-order valence-corrected chi connectivity index (χ4v) is 2.63. The molecular formula is C11H17ClIN3O. The van der Waals surface area contributed by atoms with Crippen molar-refractivity contribution in [2.75, 3.05) is 13.1 Å². The van der Waals surface area contributed by atoms with E-state index in [0.717, 1.165) is 23.0 Å². The summed E-state index contributed by atoms with van der Waals surface area (Å²) in [5, 5.41) is 0. The summed E-state index contributed by atoms with van der Waals surface area (Å²) < 4.78 is 1.06. The molecule has 0 spiro atoms. The van der Waals surface area contributed by atoms with Crippen LogP contribution in [0.2, 0.25) is 0 Å². The average Bonchev–Trinajstić information content (AvgIpc) is 2.75. The number of rotatable bonds is 2. The number of carbonyl (C=O) groups is 1. The summed E-state index contributed by atoms with van der Waals surface area (Å²) in [7, 11) is 0. The van der Waals surface area contributed by atoms with E-state index in [1.165, 1.54) is 6.42 Å². The highest BCUT2D eigenvalue weighted by Crippen LogP contribution is 2.19. The van der Waals surface area contributed by atoms with Gasteiger partial charge in [0.2, 0.25) is 0 Å². The lowest BCUT2D eigenvalue weighted by molar-refractivity contribution is 0.0618. The molecule has 2 heterocycles. The molecule has 0 aliphatic carbocycles. The highest BCUT2D eigenvalue weighted by molar-refractivity contribution is 14.1. The first-order chi connectivity index (χ1) is 7.72. The number of aromatic nitrogens is 1. The van der Waals surface area contributed by atoms with E-state index in [1.54, 1.807) is 0 Å². The molecule has 2 rings (SSSR count). The van der Waals surface area contributed by atoms with Crippen molar-refractivity contribution in [3.05, 3.63) is 21.5 Å². The molecule has 0 aromatic carbocycles. The van der Waals surface area contributed by atoms with E-state index in [-0.39, 0.29) is 24.4 Å². The van der Waals surface area contributed by atoms with Crippen LogP contribution in [-0.2, 0) is 0 Å². The summed E-state index contributed by atoms with van der Waals surface area (Å²) in [5.41, 5.74) is 6.38.